The van der Waals surface area contributed by atoms with Crippen LogP contribution in [-0.2, 0) is 16.6 Å². The Morgan fingerprint density at radius 3 is 2.32 bits per heavy atom. The molecule has 0 radical (unpaired) electrons. The number of carbonyl (C=O) groups excluding carboxylic acids is 1. The van der Waals surface area contributed by atoms with Crippen molar-refractivity contribution in [2.45, 2.75) is 89.4 Å². The number of rotatable bonds is 8. The van der Waals surface area contributed by atoms with Gasteiger partial charge in [-0.15, -0.1) is 11.3 Å². The second-order valence-electron chi connectivity index (χ2n) is 13.0. The summed E-state index contributed by atoms with van der Waals surface area (Å²) in [7, 11) is -4.03. The van der Waals surface area contributed by atoms with Gasteiger partial charge in [-0.3, -0.25) is 4.90 Å². The summed E-state index contributed by atoms with van der Waals surface area (Å²) in [5, 5.41) is 10.6. The smallest absolute Gasteiger partial charge is 0.407 e. The van der Waals surface area contributed by atoms with Crippen LogP contribution in [0.25, 0.3) is 16.0 Å². The molecule has 12 heteroatoms. The maximum Gasteiger partial charge on any atom is 0.407 e. The highest BCUT2D eigenvalue weighted by Crippen LogP contribution is 2.39. The van der Waals surface area contributed by atoms with Gasteiger partial charge in [0.2, 0.25) is 10.0 Å². The fourth-order valence-electron chi connectivity index (χ4n) is 5.41. The van der Waals surface area contributed by atoms with E-state index in [4.69, 9.17) is 5.73 Å². The van der Waals surface area contributed by atoms with Gasteiger partial charge < -0.3 is 15.7 Å². The van der Waals surface area contributed by atoms with E-state index in [-0.39, 0.29) is 17.5 Å². The van der Waals surface area contributed by atoms with Gasteiger partial charge in [-0.1, -0.05) is 42.5 Å². The summed E-state index contributed by atoms with van der Waals surface area (Å²) >= 11 is 1.38. The van der Waals surface area contributed by atoms with Crippen molar-refractivity contribution in [2.24, 2.45) is 5.73 Å². The first-order valence-corrected chi connectivity index (χ1v) is 16.7. The van der Waals surface area contributed by atoms with E-state index < -0.39 is 33.2 Å². The predicted octanol–water partition coefficient (Wildman–Crippen LogP) is 6.69. The van der Waals surface area contributed by atoms with Gasteiger partial charge in [-0.05, 0) is 84.1 Å². The van der Waals surface area contributed by atoms with Gasteiger partial charge in [0.15, 0.2) is 0 Å². The Hall–Kier alpha value is -3.74. The van der Waals surface area contributed by atoms with Crippen molar-refractivity contribution in [3.05, 3.63) is 71.4 Å². The van der Waals surface area contributed by atoms with Crippen LogP contribution in [-0.4, -0.2) is 52.7 Å². The highest BCUT2D eigenvalue weighted by atomic mass is 32.2. The van der Waals surface area contributed by atoms with Crippen LogP contribution in [0, 0.1) is 0 Å². The number of nitrogens with one attached hydrogen (secondary N) is 1. The topological polar surface area (TPSA) is 146 Å². The monoisotopic (exact) mass is 639 g/mol. The Morgan fingerprint density at radius 1 is 1.09 bits per heavy atom. The van der Waals surface area contributed by atoms with Gasteiger partial charge in [-0.2, -0.15) is 0 Å². The maximum atomic E-state index is 13.8. The van der Waals surface area contributed by atoms with Crippen molar-refractivity contribution in [3.8, 4) is 10.4 Å². The van der Waals surface area contributed by atoms with Crippen molar-refractivity contribution in [1.82, 2.24) is 14.6 Å². The zero-order valence-electron chi connectivity index (χ0n) is 26.0. The van der Waals surface area contributed by atoms with E-state index in [9.17, 15) is 23.1 Å². The minimum absolute atomic E-state index is 0.0133. The Morgan fingerprint density at radius 2 is 1.77 bits per heavy atom. The largest absolute Gasteiger partial charge is 0.465 e. The van der Waals surface area contributed by atoms with Crippen LogP contribution in [0.1, 0.15) is 71.4 Å². The fraction of sp³-hybridized carbons (Fsp3) is 0.406. The molecule has 3 aromatic rings. The Balaban J connectivity index is 1.71. The summed E-state index contributed by atoms with van der Waals surface area (Å²) in [5.41, 5.74) is 7.15. The summed E-state index contributed by atoms with van der Waals surface area (Å²) in [6.45, 7) is 11.1. The van der Waals surface area contributed by atoms with Crippen molar-refractivity contribution in [3.63, 3.8) is 0 Å². The van der Waals surface area contributed by atoms with Crippen LogP contribution in [0.2, 0.25) is 0 Å². The average molecular weight is 640 g/mol. The van der Waals surface area contributed by atoms with E-state index in [2.05, 4.69) is 9.71 Å². The van der Waals surface area contributed by atoms with Gasteiger partial charge in [-0.25, -0.2) is 27.7 Å². The van der Waals surface area contributed by atoms with Gasteiger partial charge in [0.05, 0.1) is 16.3 Å². The number of primary amides is 1. The standard InChI is InChI=1S/C32H41N5O5S2/c1-31(2,3)35-44(41,42)27-18-24(36(29(33)38)20-21-10-8-7-9-11-21)16-17-25(27)26-19-34-28(43-26)22-12-14-23(15-13-22)37(30(39)40)32(4,5)6/h7-12,16-19,23,35H,13-15,20H2,1-6H3,(H2,33,38)(H,39,40). The van der Waals surface area contributed by atoms with Crippen molar-refractivity contribution >= 4 is 44.7 Å². The van der Waals surface area contributed by atoms with Crippen LogP contribution < -0.4 is 15.4 Å². The van der Waals surface area contributed by atoms with Gasteiger partial charge >= 0.3 is 12.1 Å². The fourth-order valence-corrected chi connectivity index (χ4v) is 8.16. The van der Waals surface area contributed by atoms with Crippen molar-refractivity contribution < 1.29 is 23.1 Å². The number of hydrogen-bond donors (Lipinski definition) is 3. The average Bonchev–Trinajstić information content (AvgIpc) is 3.40. The first-order chi connectivity index (χ1) is 20.5. The molecule has 0 saturated carbocycles. The molecule has 1 unspecified atom stereocenters. The zero-order chi connectivity index (χ0) is 32.4. The lowest BCUT2D eigenvalue weighted by molar-refractivity contribution is 0.0673. The Bertz CT molecular complexity index is 1650. The summed E-state index contributed by atoms with van der Waals surface area (Å²) in [4.78, 5) is 32.6. The molecular formula is C32H41N5O5S2. The van der Waals surface area contributed by atoms with Crippen LogP contribution in [0.15, 0.2) is 65.7 Å². The number of amides is 3. The zero-order valence-corrected chi connectivity index (χ0v) is 27.6. The molecule has 1 aromatic heterocycles. The molecule has 4 N–H and O–H groups in total. The van der Waals surface area contributed by atoms with E-state index in [0.717, 1.165) is 16.1 Å². The number of carbonyl (C=O) groups is 2. The summed E-state index contributed by atoms with van der Waals surface area (Å²) in [5.74, 6) is 0. The molecule has 1 aliphatic carbocycles. The molecule has 236 valence electrons. The molecular weight excluding hydrogens is 599 g/mol. The van der Waals surface area contributed by atoms with Gasteiger partial charge in [0.1, 0.15) is 5.01 Å². The van der Waals surface area contributed by atoms with E-state index >= 15 is 0 Å². The number of nitrogens with zero attached hydrogens (tertiary/aromatic N) is 3. The molecule has 10 nitrogen and oxygen atoms in total. The van der Waals surface area contributed by atoms with Crippen molar-refractivity contribution in [1.29, 1.82) is 0 Å². The first kappa shape index (κ1) is 33.2. The Labute approximate surface area is 263 Å². The van der Waals surface area contributed by atoms with E-state index in [1.165, 1.54) is 27.2 Å². The summed E-state index contributed by atoms with van der Waals surface area (Å²) in [6, 6.07) is 13.3. The lowest BCUT2D eigenvalue weighted by atomic mass is 9.91. The molecule has 0 aliphatic heterocycles. The Kier molecular flexibility index (Phi) is 9.57. The second kappa shape index (κ2) is 12.7. The highest BCUT2D eigenvalue weighted by molar-refractivity contribution is 7.89. The van der Waals surface area contributed by atoms with Gasteiger partial charge in [0.25, 0.3) is 0 Å². The molecule has 0 fully saturated rings. The summed E-state index contributed by atoms with van der Waals surface area (Å²) in [6.07, 6.45) is 4.65. The van der Waals surface area contributed by atoms with Gasteiger partial charge in [0, 0.05) is 34.6 Å². The van der Waals surface area contributed by atoms with E-state index in [0.29, 0.717) is 35.4 Å². The molecule has 0 bridgehead atoms. The molecule has 1 aliphatic rings. The number of allylic oxidation sites excluding steroid dienone is 1. The molecule has 0 saturated heterocycles. The number of hydrogen-bond acceptors (Lipinski definition) is 6. The molecule has 3 amide bonds. The van der Waals surface area contributed by atoms with E-state index in [1.54, 1.807) is 39.1 Å². The minimum atomic E-state index is -4.03. The number of anilines is 1. The van der Waals surface area contributed by atoms with Crippen LogP contribution in [0.3, 0.4) is 0 Å². The molecule has 1 heterocycles. The quantitative estimate of drug-likeness (QED) is 0.250. The molecule has 1 atom stereocenters. The van der Waals surface area contributed by atoms with Crippen LogP contribution in [0.5, 0.6) is 0 Å². The normalized spacial score (nSPS) is 15.9. The third-order valence-electron chi connectivity index (χ3n) is 7.18. The second-order valence-corrected chi connectivity index (χ2v) is 15.6. The maximum absolute atomic E-state index is 13.8. The summed E-state index contributed by atoms with van der Waals surface area (Å²) < 4.78 is 30.3. The number of urea groups is 1. The van der Waals surface area contributed by atoms with Crippen LogP contribution >= 0.6 is 11.3 Å². The lowest BCUT2D eigenvalue weighted by Crippen LogP contribution is -2.51. The minimum Gasteiger partial charge on any atom is -0.465 e. The number of thiazole rings is 1. The third-order valence-corrected chi connectivity index (χ3v) is 10.1. The van der Waals surface area contributed by atoms with Crippen LogP contribution in [0.4, 0.5) is 15.3 Å². The SMILES string of the molecule is CC(C)(C)NS(=O)(=O)c1cc(N(Cc2ccccc2)C(N)=O)ccc1-c1cnc(C2=CCC(N(C(=O)O)C(C)(C)C)CC2)s1. The highest BCUT2D eigenvalue weighted by Gasteiger charge is 2.34. The number of nitrogens with two attached hydrogens (primary N) is 1. The molecule has 44 heavy (non-hydrogen) atoms. The lowest BCUT2D eigenvalue weighted by Gasteiger charge is -2.40. The number of aromatic nitrogens is 1. The number of sulfonamides is 1. The first-order valence-electron chi connectivity index (χ1n) is 14.4. The van der Waals surface area contributed by atoms with Crippen molar-refractivity contribution in [2.75, 3.05) is 4.90 Å². The number of carboxylic acid groups (broad SMARTS) is 1. The molecule has 0 spiro atoms. The van der Waals surface area contributed by atoms with E-state index in [1.807, 2.05) is 57.2 Å². The number of benzene rings is 2. The molecule has 4 rings (SSSR count). The third kappa shape index (κ3) is 7.85. The predicted molar refractivity (Wildman–Crippen MR) is 175 cm³/mol. The molecule has 2 aromatic carbocycles.